The fourth-order valence-electron chi connectivity index (χ4n) is 2.58. The molecule has 21 heavy (non-hydrogen) atoms. The van der Waals surface area contributed by atoms with Crippen LogP contribution in [0.25, 0.3) is 0 Å². The molecule has 0 saturated heterocycles. The molecule has 0 aromatic carbocycles. The highest BCUT2D eigenvalue weighted by molar-refractivity contribution is 5.86. The van der Waals surface area contributed by atoms with Gasteiger partial charge in [-0.1, -0.05) is 19.3 Å². The lowest BCUT2D eigenvalue weighted by atomic mass is 9.89. The quantitative estimate of drug-likeness (QED) is 0.869. The molecule has 2 heterocycles. The lowest BCUT2D eigenvalue weighted by Crippen LogP contribution is -2.08. The molecule has 1 aliphatic rings. The van der Waals surface area contributed by atoms with Crippen molar-refractivity contribution in [2.45, 2.75) is 51.6 Å². The second-order valence-electron chi connectivity index (χ2n) is 5.32. The van der Waals surface area contributed by atoms with Gasteiger partial charge < -0.3 is 9.15 Å². The summed E-state index contributed by atoms with van der Waals surface area (Å²) in [5.41, 5.74) is 0.211. The van der Waals surface area contributed by atoms with Crippen LogP contribution >= 0.6 is 0 Å². The minimum atomic E-state index is -0.511. The summed E-state index contributed by atoms with van der Waals surface area (Å²) in [7, 11) is 0. The van der Waals surface area contributed by atoms with E-state index in [2.05, 4.69) is 20.2 Å². The minimum absolute atomic E-state index is 0.0226. The van der Waals surface area contributed by atoms with Crippen molar-refractivity contribution in [3.8, 4) is 0 Å². The third-order valence-electron chi connectivity index (χ3n) is 3.66. The lowest BCUT2D eigenvalue weighted by Gasteiger charge is -2.17. The molecular weight excluding hydrogens is 272 g/mol. The summed E-state index contributed by atoms with van der Waals surface area (Å²) in [6, 6.07) is 0. The van der Waals surface area contributed by atoms with Crippen molar-refractivity contribution >= 4 is 5.97 Å². The number of esters is 1. The molecule has 3 rings (SSSR count). The van der Waals surface area contributed by atoms with Crippen LogP contribution in [-0.4, -0.2) is 26.1 Å². The number of oxazole rings is 1. The third-order valence-corrected chi connectivity index (χ3v) is 3.66. The normalized spacial score (nSPS) is 16.0. The summed E-state index contributed by atoms with van der Waals surface area (Å²) < 4.78 is 10.6. The van der Waals surface area contributed by atoms with Crippen LogP contribution in [0.15, 0.2) is 10.7 Å². The number of H-pyrrole nitrogens is 1. The number of nitrogens with zero attached hydrogens (tertiary/aromatic N) is 3. The Balaban J connectivity index is 1.58. The first kappa shape index (κ1) is 13.8. The maximum absolute atomic E-state index is 11.9. The van der Waals surface area contributed by atoms with E-state index in [1.54, 1.807) is 6.92 Å². The number of rotatable bonds is 4. The predicted octanol–water partition coefficient (Wildman–Crippen LogP) is 2.51. The van der Waals surface area contributed by atoms with E-state index in [1.807, 2.05) is 0 Å². The molecule has 1 fully saturated rings. The topological polar surface area (TPSA) is 93.9 Å². The number of aromatic nitrogens is 4. The maximum atomic E-state index is 11.9. The average molecular weight is 290 g/mol. The molecule has 7 nitrogen and oxygen atoms in total. The van der Waals surface area contributed by atoms with E-state index in [-0.39, 0.29) is 12.3 Å². The van der Waals surface area contributed by atoms with Gasteiger partial charge in [0, 0.05) is 5.92 Å². The number of hydrogen-bond donors (Lipinski definition) is 1. The van der Waals surface area contributed by atoms with Gasteiger partial charge in [-0.15, -0.1) is 0 Å². The lowest BCUT2D eigenvalue weighted by molar-refractivity contribution is 0.0455. The summed E-state index contributed by atoms with van der Waals surface area (Å²) in [5.74, 6) is 1.59. The SMILES string of the molecule is Cc1nc(COC(=O)c2coc(C3CCCCC3)n2)n[nH]1. The van der Waals surface area contributed by atoms with Gasteiger partial charge in [-0.3, -0.25) is 5.10 Å². The van der Waals surface area contributed by atoms with Gasteiger partial charge in [-0.2, -0.15) is 5.10 Å². The highest BCUT2D eigenvalue weighted by atomic mass is 16.5. The minimum Gasteiger partial charge on any atom is -0.453 e. The highest BCUT2D eigenvalue weighted by Gasteiger charge is 2.22. The summed E-state index contributed by atoms with van der Waals surface area (Å²) in [6.45, 7) is 1.81. The molecule has 0 unspecified atom stereocenters. The molecule has 1 N–H and O–H groups in total. The van der Waals surface area contributed by atoms with Crippen molar-refractivity contribution in [1.82, 2.24) is 20.2 Å². The van der Waals surface area contributed by atoms with Crippen LogP contribution in [0.1, 0.15) is 66.1 Å². The Bertz CT molecular complexity index is 613. The molecule has 7 heteroatoms. The zero-order valence-electron chi connectivity index (χ0n) is 12.0. The molecule has 2 aromatic heterocycles. The number of aromatic amines is 1. The van der Waals surface area contributed by atoms with E-state index in [0.717, 1.165) is 12.8 Å². The zero-order chi connectivity index (χ0) is 14.7. The molecule has 0 amide bonds. The molecule has 0 radical (unpaired) electrons. The molecule has 112 valence electrons. The first-order valence-corrected chi connectivity index (χ1v) is 7.23. The number of carbonyl (C=O) groups is 1. The predicted molar refractivity (Wildman–Crippen MR) is 72.6 cm³/mol. The van der Waals surface area contributed by atoms with Gasteiger partial charge in [0.1, 0.15) is 12.1 Å². The molecule has 0 bridgehead atoms. The smallest absolute Gasteiger partial charge is 0.360 e. The van der Waals surface area contributed by atoms with E-state index in [4.69, 9.17) is 9.15 Å². The van der Waals surface area contributed by atoms with Crippen molar-refractivity contribution in [2.24, 2.45) is 0 Å². The first-order valence-electron chi connectivity index (χ1n) is 7.23. The van der Waals surface area contributed by atoms with Crippen LogP contribution in [0.4, 0.5) is 0 Å². The van der Waals surface area contributed by atoms with Crippen LogP contribution in [0.5, 0.6) is 0 Å². The fraction of sp³-hybridized carbons (Fsp3) is 0.571. The van der Waals surface area contributed by atoms with Crippen LogP contribution in [0.3, 0.4) is 0 Å². The number of carbonyl (C=O) groups excluding carboxylic acids is 1. The van der Waals surface area contributed by atoms with E-state index >= 15 is 0 Å². The summed E-state index contributed by atoms with van der Waals surface area (Å²) in [5, 5.41) is 6.60. The molecule has 2 aromatic rings. The number of ether oxygens (including phenoxy) is 1. The van der Waals surface area contributed by atoms with Gasteiger partial charge in [-0.05, 0) is 19.8 Å². The van der Waals surface area contributed by atoms with Crippen molar-refractivity contribution in [1.29, 1.82) is 0 Å². The van der Waals surface area contributed by atoms with Gasteiger partial charge in [0.2, 0.25) is 0 Å². The standard InChI is InChI=1S/C14H18N4O3/c1-9-15-12(18-17-9)8-21-14(19)11-7-20-13(16-11)10-5-3-2-4-6-10/h7,10H,2-6,8H2,1H3,(H,15,17,18). The molecule has 1 aliphatic carbocycles. The Labute approximate surface area is 122 Å². The molecule has 0 atom stereocenters. The first-order chi connectivity index (χ1) is 10.2. The third kappa shape index (κ3) is 3.29. The number of nitrogens with one attached hydrogen (secondary N) is 1. The number of aryl methyl sites for hydroxylation is 1. The fourth-order valence-corrected chi connectivity index (χ4v) is 2.58. The average Bonchev–Trinajstić information content (AvgIpc) is 3.15. The van der Waals surface area contributed by atoms with Crippen LogP contribution < -0.4 is 0 Å². The second kappa shape index (κ2) is 6.07. The van der Waals surface area contributed by atoms with E-state index in [0.29, 0.717) is 23.5 Å². The van der Waals surface area contributed by atoms with E-state index in [1.165, 1.54) is 25.5 Å². The van der Waals surface area contributed by atoms with Gasteiger partial charge in [0.05, 0.1) is 0 Å². The Morgan fingerprint density at radius 3 is 2.90 bits per heavy atom. The Morgan fingerprint density at radius 2 is 2.19 bits per heavy atom. The maximum Gasteiger partial charge on any atom is 0.360 e. The van der Waals surface area contributed by atoms with Crippen molar-refractivity contribution in [3.05, 3.63) is 29.5 Å². The van der Waals surface area contributed by atoms with Gasteiger partial charge in [0.25, 0.3) is 0 Å². The largest absolute Gasteiger partial charge is 0.453 e. The van der Waals surface area contributed by atoms with Crippen molar-refractivity contribution in [3.63, 3.8) is 0 Å². The van der Waals surface area contributed by atoms with Crippen molar-refractivity contribution < 1.29 is 13.9 Å². The Hall–Kier alpha value is -2.18. The molecule has 0 spiro atoms. The van der Waals surface area contributed by atoms with E-state index < -0.39 is 5.97 Å². The van der Waals surface area contributed by atoms with Crippen molar-refractivity contribution in [2.75, 3.05) is 0 Å². The summed E-state index contributed by atoms with van der Waals surface area (Å²) >= 11 is 0. The molecule has 1 saturated carbocycles. The monoisotopic (exact) mass is 290 g/mol. The number of hydrogen-bond acceptors (Lipinski definition) is 6. The zero-order valence-corrected chi connectivity index (χ0v) is 12.0. The Kier molecular flexibility index (Phi) is 3.98. The highest BCUT2D eigenvalue weighted by Crippen LogP contribution is 2.31. The Morgan fingerprint density at radius 1 is 1.38 bits per heavy atom. The van der Waals surface area contributed by atoms with E-state index in [9.17, 15) is 4.79 Å². The summed E-state index contributed by atoms with van der Waals surface area (Å²) in [6.07, 6.45) is 7.17. The summed E-state index contributed by atoms with van der Waals surface area (Å²) in [4.78, 5) is 20.2. The van der Waals surface area contributed by atoms with Gasteiger partial charge >= 0.3 is 5.97 Å². The van der Waals surface area contributed by atoms with Gasteiger partial charge in [0.15, 0.2) is 24.0 Å². The molecule has 0 aliphatic heterocycles. The van der Waals surface area contributed by atoms with Crippen LogP contribution in [0.2, 0.25) is 0 Å². The van der Waals surface area contributed by atoms with Crippen LogP contribution in [-0.2, 0) is 11.3 Å². The van der Waals surface area contributed by atoms with Gasteiger partial charge in [-0.25, -0.2) is 14.8 Å². The van der Waals surface area contributed by atoms with Crippen LogP contribution in [0, 0.1) is 6.92 Å². The second-order valence-corrected chi connectivity index (χ2v) is 5.32. The molecular formula is C14H18N4O3.